The fraction of sp³-hybridized carbons (Fsp3) is 0.875. The summed E-state index contributed by atoms with van der Waals surface area (Å²) in [4.78, 5) is 9.25. The van der Waals surface area contributed by atoms with Gasteiger partial charge in [-0.1, -0.05) is 25.6 Å². The van der Waals surface area contributed by atoms with E-state index in [2.05, 4.69) is 12.2 Å². The van der Waals surface area contributed by atoms with Gasteiger partial charge in [-0.05, 0) is 24.6 Å². The van der Waals surface area contributed by atoms with E-state index in [9.17, 15) is 9.46 Å². The Morgan fingerprint density at radius 1 is 1.54 bits per heavy atom. The van der Waals surface area contributed by atoms with Crippen LogP contribution in [0.25, 0.3) is 0 Å². The predicted molar refractivity (Wildman–Crippen MR) is 58.4 cm³/mol. The zero-order valence-corrected chi connectivity index (χ0v) is 9.65. The van der Waals surface area contributed by atoms with Crippen LogP contribution in [0.4, 0.5) is 0 Å². The molecule has 0 amide bonds. The van der Waals surface area contributed by atoms with Gasteiger partial charge in [-0.2, -0.15) is 0 Å². The number of unbranched alkanes of at least 4 members (excludes halogenated alkanes) is 2. The quantitative estimate of drug-likeness (QED) is 0.391. The van der Waals surface area contributed by atoms with Crippen molar-refractivity contribution < 1.29 is 14.0 Å². The summed E-state index contributed by atoms with van der Waals surface area (Å²) in [6.07, 6.45) is 3.34. The largest absolute Gasteiger partial charge is 0.328 e. The van der Waals surface area contributed by atoms with E-state index in [-0.39, 0.29) is 6.16 Å². The van der Waals surface area contributed by atoms with Crippen LogP contribution in [0.5, 0.6) is 0 Å². The van der Waals surface area contributed by atoms with Gasteiger partial charge in [-0.3, -0.25) is 4.57 Å². The molecule has 0 rings (SSSR count). The van der Waals surface area contributed by atoms with E-state index in [0.717, 1.165) is 12.8 Å². The Hall–Kier alpha value is 0.240. The van der Waals surface area contributed by atoms with Crippen LogP contribution in [0.3, 0.4) is 0 Å². The first-order valence-electron chi connectivity index (χ1n) is 4.52. The molecule has 13 heavy (non-hydrogen) atoms. The molecule has 0 aliphatic heterocycles. The summed E-state index contributed by atoms with van der Waals surface area (Å²) in [5.74, 6) is 0. The predicted octanol–water partition coefficient (Wildman–Crippen LogP) is 2.77. The molecule has 0 saturated carbocycles. The fourth-order valence-electron chi connectivity index (χ4n) is 0.791. The molecule has 1 unspecified atom stereocenters. The Kier molecular flexibility index (Phi) is 7.77. The highest BCUT2D eigenvalue weighted by molar-refractivity contribution is 7.78. The Balaban J connectivity index is 3.54. The van der Waals surface area contributed by atoms with Crippen molar-refractivity contribution in [2.24, 2.45) is 0 Å². The van der Waals surface area contributed by atoms with Crippen LogP contribution in [0.1, 0.15) is 32.6 Å². The van der Waals surface area contributed by atoms with E-state index in [1.807, 2.05) is 6.92 Å². The standard InChI is InChI=1S/C8H17O3PS/c1-2-3-6-11-12(9,10)7-4-5-8-13/h8H,2-7H2,1H3,(H,9,10). The minimum Gasteiger partial charge on any atom is -0.324 e. The summed E-state index contributed by atoms with van der Waals surface area (Å²) < 4.78 is 16.1. The number of hydrogen-bond acceptors (Lipinski definition) is 3. The van der Waals surface area contributed by atoms with Crippen molar-refractivity contribution in [3.63, 3.8) is 0 Å². The summed E-state index contributed by atoms with van der Waals surface area (Å²) in [7, 11) is -3.32. The lowest BCUT2D eigenvalue weighted by Crippen LogP contribution is -1.97. The summed E-state index contributed by atoms with van der Waals surface area (Å²) >= 11 is 4.61. The molecule has 0 fully saturated rings. The highest BCUT2D eigenvalue weighted by atomic mass is 32.1. The summed E-state index contributed by atoms with van der Waals surface area (Å²) in [5.41, 5.74) is 0. The summed E-state index contributed by atoms with van der Waals surface area (Å²) in [6, 6.07) is 0. The minimum atomic E-state index is -3.32. The maximum atomic E-state index is 11.2. The summed E-state index contributed by atoms with van der Waals surface area (Å²) in [5, 5.41) is 1.58. The van der Waals surface area contributed by atoms with Gasteiger partial charge in [0.2, 0.25) is 0 Å². The van der Waals surface area contributed by atoms with E-state index in [1.165, 1.54) is 0 Å². The van der Waals surface area contributed by atoms with Crippen molar-refractivity contribution in [1.29, 1.82) is 0 Å². The zero-order chi connectivity index (χ0) is 10.2. The second-order valence-corrected chi connectivity index (χ2v) is 5.17. The van der Waals surface area contributed by atoms with Crippen molar-refractivity contribution in [2.45, 2.75) is 32.6 Å². The molecule has 0 aliphatic rings. The number of rotatable bonds is 8. The molecule has 0 aromatic carbocycles. The van der Waals surface area contributed by atoms with E-state index in [4.69, 9.17) is 4.52 Å². The summed E-state index contributed by atoms with van der Waals surface area (Å²) in [6.45, 7) is 2.39. The van der Waals surface area contributed by atoms with Gasteiger partial charge in [0.15, 0.2) is 0 Å². The van der Waals surface area contributed by atoms with Crippen LogP contribution in [-0.4, -0.2) is 23.0 Å². The van der Waals surface area contributed by atoms with E-state index >= 15 is 0 Å². The highest BCUT2D eigenvalue weighted by Crippen LogP contribution is 2.42. The van der Waals surface area contributed by atoms with Crippen molar-refractivity contribution in [2.75, 3.05) is 12.8 Å². The molecular formula is C8H17O3PS. The third kappa shape index (κ3) is 8.57. The molecule has 0 bridgehead atoms. The topological polar surface area (TPSA) is 46.5 Å². The molecule has 0 saturated heterocycles. The van der Waals surface area contributed by atoms with E-state index in [1.54, 1.807) is 5.37 Å². The molecule has 0 spiro atoms. The Bertz CT molecular complexity index is 184. The van der Waals surface area contributed by atoms with Gasteiger partial charge in [0.1, 0.15) is 0 Å². The second-order valence-electron chi connectivity index (χ2n) is 2.86. The molecule has 0 aliphatic carbocycles. The van der Waals surface area contributed by atoms with Gasteiger partial charge in [0.05, 0.1) is 12.8 Å². The number of hydrogen-bond donors (Lipinski definition) is 1. The lowest BCUT2D eigenvalue weighted by molar-refractivity contribution is 0.255. The van der Waals surface area contributed by atoms with Crippen LogP contribution in [-0.2, 0) is 9.09 Å². The molecule has 0 aromatic heterocycles. The van der Waals surface area contributed by atoms with E-state index < -0.39 is 7.60 Å². The molecule has 78 valence electrons. The maximum absolute atomic E-state index is 11.2. The van der Waals surface area contributed by atoms with Gasteiger partial charge in [-0.25, -0.2) is 0 Å². The molecule has 5 heteroatoms. The van der Waals surface area contributed by atoms with Crippen molar-refractivity contribution >= 4 is 25.2 Å². The van der Waals surface area contributed by atoms with Crippen molar-refractivity contribution in [3.8, 4) is 0 Å². The van der Waals surface area contributed by atoms with Crippen molar-refractivity contribution in [1.82, 2.24) is 0 Å². The molecule has 0 radical (unpaired) electrons. The maximum Gasteiger partial charge on any atom is 0.328 e. The smallest absolute Gasteiger partial charge is 0.324 e. The fourth-order valence-corrected chi connectivity index (χ4v) is 2.08. The molecule has 1 N–H and O–H groups in total. The first-order chi connectivity index (χ1) is 6.12. The minimum absolute atomic E-state index is 0.212. The van der Waals surface area contributed by atoms with Crippen LogP contribution in [0, 0.1) is 0 Å². The first-order valence-corrected chi connectivity index (χ1v) is 6.76. The molecular weight excluding hydrogens is 207 g/mol. The van der Waals surface area contributed by atoms with Gasteiger partial charge >= 0.3 is 7.60 Å². The lowest BCUT2D eigenvalue weighted by atomic mass is 10.4. The molecule has 1 atom stereocenters. The Morgan fingerprint density at radius 2 is 2.23 bits per heavy atom. The Labute approximate surface area is 85.0 Å². The molecule has 0 aromatic rings. The average Bonchev–Trinajstić information content (AvgIpc) is 2.05. The third-order valence-electron chi connectivity index (χ3n) is 1.55. The monoisotopic (exact) mass is 224 g/mol. The second kappa shape index (κ2) is 7.63. The molecule has 0 heterocycles. The number of thiocarbonyl (C=S) groups is 1. The van der Waals surface area contributed by atoms with Crippen LogP contribution in [0.15, 0.2) is 0 Å². The third-order valence-corrected chi connectivity index (χ3v) is 3.26. The van der Waals surface area contributed by atoms with Crippen LogP contribution >= 0.6 is 19.8 Å². The van der Waals surface area contributed by atoms with Crippen LogP contribution < -0.4 is 0 Å². The van der Waals surface area contributed by atoms with Crippen molar-refractivity contribution in [3.05, 3.63) is 0 Å². The Morgan fingerprint density at radius 3 is 2.77 bits per heavy atom. The zero-order valence-electron chi connectivity index (χ0n) is 7.94. The first kappa shape index (κ1) is 13.2. The average molecular weight is 224 g/mol. The van der Waals surface area contributed by atoms with Gasteiger partial charge in [-0.15, -0.1) is 0 Å². The van der Waals surface area contributed by atoms with E-state index in [0.29, 0.717) is 19.4 Å². The van der Waals surface area contributed by atoms with Gasteiger partial charge in [0.25, 0.3) is 0 Å². The van der Waals surface area contributed by atoms with Crippen LogP contribution in [0.2, 0.25) is 0 Å². The SMILES string of the molecule is CCCCOP(=O)(O)CCCC=S. The highest BCUT2D eigenvalue weighted by Gasteiger charge is 2.17. The van der Waals surface area contributed by atoms with Gasteiger partial charge in [0, 0.05) is 0 Å². The lowest BCUT2D eigenvalue weighted by Gasteiger charge is -2.10. The molecule has 3 nitrogen and oxygen atoms in total. The van der Waals surface area contributed by atoms with Gasteiger partial charge < -0.3 is 9.42 Å². The normalized spacial score (nSPS) is 15.2.